The van der Waals surface area contributed by atoms with Gasteiger partial charge in [-0.15, -0.1) is 10.2 Å². The zero-order valence-corrected chi connectivity index (χ0v) is 8.73. The second-order valence-electron chi connectivity index (χ2n) is 4.12. The van der Waals surface area contributed by atoms with Gasteiger partial charge in [-0.25, -0.2) is 4.98 Å². The average molecular weight is 190 g/mol. The summed E-state index contributed by atoms with van der Waals surface area (Å²) in [5.74, 6) is 0.653. The highest BCUT2D eigenvalue weighted by molar-refractivity contribution is 5.29. The molecule has 0 aliphatic rings. The van der Waals surface area contributed by atoms with E-state index in [2.05, 4.69) is 36.0 Å². The highest BCUT2D eigenvalue weighted by atomic mass is 15.3. The molecule has 0 aliphatic heterocycles. The van der Waals surface area contributed by atoms with Crippen molar-refractivity contribution in [3.63, 3.8) is 0 Å². The molecule has 2 heterocycles. The molecule has 0 fully saturated rings. The van der Waals surface area contributed by atoms with Crippen LogP contribution >= 0.6 is 0 Å². The van der Waals surface area contributed by atoms with Gasteiger partial charge in [-0.3, -0.25) is 4.40 Å². The van der Waals surface area contributed by atoms with Crippen molar-refractivity contribution in [1.29, 1.82) is 0 Å². The van der Waals surface area contributed by atoms with Gasteiger partial charge in [-0.2, -0.15) is 0 Å². The van der Waals surface area contributed by atoms with Crippen LogP contribution in [0.2, 0.25) is 0 Å². The summed E-state index contributed by atoms with van der Waals surface area (Å²) in [6.07, 6.45) is 6.69. The van der Waals surface area contributed by atoms with Gasteiger partial charge >= 0.3 is 0 Å². The SMILES string of the molecule is CCC(C)(C)c1cnc2nncn2c1. The number of fused-ring (bicyclic) bond motifs is 1. The van der Waals surface area contributed by atoms with Gasteiger partial charge in [-0.05, 0) is 17.4 Å². The van der Waals surface area contributed by atoms with Crippen LogP contribution in [0.25, 0.3) is 5.78 Å². The van der Waals surface area contributed by atoms with Gasteiger partial charge < -0.3 is 0 Å². The molecule has 0 saturated heterocycles. The van der Waals surface area contributed by atoms with Gasteiger partial charge in [0.2, 0.25) is 0 Å². The fourth-order valence-corrected chi connectivity index (χ4v) is 1.28. The first kappa shape index (κ1) is 9.12. The summed E-state index contributed by atoms with van der Waals surface area (Å²) in [5.41, 5.74) is 1.37. The zero-order valence-electron chi connectivity index (χ0n) is 8.73. The summed E-state index contributed by atoms with van der Waals surface area (Å²) in [4.78, 5) is 4.24. The molecule has 2 aromatic heterocycles. The molecular formula is C10H14N4. The van der Waals surface area contributed by atoms with Crippen molar-refractivity contribution in [1.82, 2.24) is 19.6 Å². The van der Waals surface area contributed by atoms with E-state index in [1.165, 1.54) is 5.56 Å². The van der Waals surface area contributed by atoms with Crippen molar-refractivity contribution in [2.45, 2.75) is 32.6 Å². The molecule has 14 heavy (non-hydrogen) atoms. The Morgan fingerprint density at radius 2 is 2.21 bits per heavy atom. The molecule has 0 radical (unpaired) electrons. The Balaban J connectivity index is 2.53. The third kappa shape index (κ3) is 1.36. The van der Waals surface area contributed by atoms with Crippen LogP contribution in [-0.2, 0) is 5.41 Å². The summed E-state index contributed by atoms with van der Waals surface area (Å²) in [6, 6.07) is 0. The van der Waals surface area contributed by atoms with E-state index in [9.17, 15) is 0 Å². The first-order valence-electron chi connectivity index (χ1n) is 4.79. The maximum atomic E-state index is 4.24. The average Bonchev–Trinajstić information content (AvgIpc) is 2.64. The Morgan fingerprint density at radius 3 is 2.93 bits per heavy atom. The lowest BCUT2D eigenvalue weighted by Crippen LogP contribution is -2.16. The normalized spacial score (nSPS) is 12.2. The molecule has 2 rings (SSSR count). The minimum Gasteiger partial charge on any atom is -0.273 e. The van der Waals surface area contributed by atoms with Gasteiger partial charge in [0.1, 0.15) is 6.33 Å². The van der Waals surface area contributed by atoms with E-state index in [1.807, 2.05) is 16.8 Å². The van der Waals surface area contributed by atoms with Crippen LogP contribution in [0.15, 0.2) is 18.7 Å². The van der Waals surface area contributed by atoms with Gasteiger partial charge in [0, 0.05) is 12.4 Å². The van der Waals surface area contributed by atoms with E-state index in [0.717, 1.165) is 6.42 Å². The van der Waals surface area contributed by atoms with Crippen LogP contribution in [0, 0.1) is 0 Å². The minimum atomic E-state index is 0.158. The fraction of sp³-hybridized carbons (Fsp3) is 0.500. The predicted molar refractivity (Wildman–Crippen MR) is 54.1 cm³/mol. The van der Waals surface area contributed by atoms with Crippen molar-refractivity contribution in [2.24, 2.45) is 0 Å². The first-order valence-corrected chi connectivity index (χ1v) is 4.79. The molecule has 4 heteroatoms. The highest BCUT2D eigenvalue weighted by Crippen LogP contribution is 2.25. The van der Waals surface area contributed by atoms with E-state index in [1.54, 1.807) is 6.33 Å². The van der Waals surface area contributed by atoms with Crippen LogP contribution in [0.1, 0.15) is 32.8 Å². The lowest BCUT2D eigenvalue weighted by molar-refractivity contribution is 0.501. The van der Waals surface area contributed by atoms with Gasteiger partial charge in [0.25, 0.3) is 5.78 Å². The Hall–Kier alpha value is -1.45. The van der Waals surface area contributed by atoms with Crippen molar-refractivity contribution >= 4 is 5.78 Å². The zero-order chi connectivity index (χ0) is 10.2. The molecule has 74 valence electrons. The maximum Gasteiger partial charge on any atom is 0.254 e. The molecule has 0 spiro atoms. The second-order valence-corrected chi connectivity index (χ2v) is 4.12. The van der Waals surface area contributed by atoms with Crippen LogP contribution < -0.4 is 0 Å². The third-order valence-electron chi connectivity index (χ3n) is 2.82. The Bertz CT molecular complexity index is 444. The molecular weight excluding hydrogens is 176 g/mol. The van der Waals surface area contributed by atoms with Crippen LogP contribution in [-0.4, -0.2) is 19.6 Å². The number of aromatic nitrogens is 4. The molecule has 0 N–H and O–H groups in total. The fourth-order valence-electron chi connectivity index (χ4n) is 1.28. The Kier molecular flexibility index (Phi) is 1.98. The lowest BCUT2D eigenvalue weighted by atomic mass is 9.84. The summed E-state index contributed by atoms with van der Waals surface area (Å²) in [7, 11) is 0. The van der Waals surface area contributed by atoms with E-state index in [4.69, 9.17) is 0 Å². The summed E-state index contributed by atoms with van der Waals surface area (Å²) in [5, 5.41) is 7.67. The van der Waals surface area contributed by atoms with Gasteiger partial charge in [-0.1, -0.05) is 20.8 Å². The Morgan fingerprint density at radius 1 is 1.43 bits per heavy atom. The number of rotatable bonds is 2. The molecule has 4 nitrogen and oxygen atoms in total. The van der Waals surface area contributed by atoms with Crippen LogP contribution in [0.4, 0.5) is 0 Å². The maximum absolute atomic E-state index is 4.24. The standard InChI is InChI=1S/C10H14N4/c1-4-10(2,3)8-5-11-9-13-12-7-14(9)6-8/h5-7H,4H2,1-3H3. The molecule has 0 saturated carbocycles. The monoisotopic (exact) mass is 190 g/mol. The number of hydrogen-bond donors (Lipinski definition) is 0. The van der Waals surface area contributed by atoms with E-state index < -0.39 is 0 Å². The van der Waals surface area contributed by atoms with Gasteiger partial charge in [0.15, 0.2) is 0 Å². The molecule has 2 aromatic rings. The third-order valence-corrected chi connectivity index (χ3v) is 2.82. The van der Waals surface area contributed by atoms with Crippen molar-refractivity contribution in [2.75, 3.05) is 0 Å². The van der Waals surface area contributed by atoms with E-state index in [0.29, 0.717) is 5.78 Å². The van der Waals surface area contributed by atoms with Gasteiger partial charge in [0.05, 0.1) is 0 Å². The topological polar surface area (TPSA) is 43.1 Å². The van der Waals surface area contributed by atoms with E-state index >= 15 is 0 Å². The quantitative estimate of drug-likeness (QED) is 0.725. The minimum absolute atomic E-state index is 0.158. The molecule has 0 atom stereocenters. The lowest BCUT2D eigenvalue weighted by Gasteiger charge is -2.22. The molecule has 0 bridgehead atoms. The highest BCUT2D eigenvalue weighted by Gasteiger charge is 2.18. The first-order chi connectivity index (χ1) is 6.63. The smallest absolute Gasteiger partial charge is 0.254 e. The van der Waals surface area contributed by atoms with E-state index in [-0.39, 0.29) is 5.41 Å². The second kappa shape index (κ2) is 3.04. The molecule has 0 aromatic carbocycles. The summed E-state index contributed by atoms with van der Waals surface area (Å²) >= 11 is 0. The van der Waals surface area contributed by atoms with Crippen molar-refractivity contribution in [3.8, 4) is 0 Å². The molecule has 0 aliphatic carbocycles. The van der Waals surface area contributed by atoms with Crippen molar-refractivity contribution < 1.29 is 0 Å². The number of nitrogens with zero attached hydrogens (tertiary/aromatic N) is 4. The molecule has 0 amide bonds. The predicted octanol–water partition coefficient (Wildman–Crippen LogP) is 1.81. The van der Waals surface area contributed by atoms with Crippen LogP contribution in [0.5, 0.6) is 0 Å². The van der Waals surface area contributed by atoms with Crippen LogP contribution in [0.3, 0.4) is 0 Å². The molecule has 0 unspecified atom stereocenters. The number of hydrogen-bond acceptors (Lipinski definition) is 3. The van der Waals surface area contributed by atoms with Crippen molar-refractivity contribution in [3.05, 3.63) is 24.3 Å². The summed E-state index contributed by atoms with van der Waals surface area (Å²) < 4.78 is 1.85. The summed E-state index contributed by atoms with van der Waals surface area (Å²) in [6.45, 7) is 6.59. The largest absolute Gasteiger partial charge is 0.273 e. The Labute approximate surface area is 83.0 Å².